The van der Waals surface area contributed by atoms with E-state index < -0.39 is 35.8 Å². The van der Waals surface area contributed by atoms with Gasteiger partial charge in [0, 0.05) is 22.7 Å². The molecule has 0 saturated carbocycles. The van der Waals surface area contributed by atoms with Crippen LogP contribution in [0.5, 0.6) is 0 Å². The van der Waals surface area contributed by atoms with Crippen LogP contribution < -0.4 is 10.9 Å². The highest BCUT2D eigenvalue weighted by molar-refractivity contribution is 6.04. The van der Waals surface area contributed by atoms with E-state index in [0.29, 0.717) is 10.9 Å². The van der Waals surface area contributed by atoms with Crippen molar-refractivity contribution in [3.63, 3.8) is 0 Å². The number of rotatable bonds is 4. The van der Waals surface area contributed by atoms with Crippen LogP contribution in [0.4, 0.5) is 18.9 Å². The number of halogens is 3. The van der Waals surface area contributed by atoms with Crippen LogP contribution in [-0.4, -0.2) is 23.5 Å². The fraction of sp³-hybridized carbons (Fsp3) is 0.105. The highest BCUT2D eigenvalue weighted by Crippen LogP contribution is 2.29. The van der Waals surface area contributed by atoms with Crippen molar-refractivity contribution in [1.29, 1.82) is 0 Å². The first-order valence-electron chi connectivity index (χ1n) is 8.00. The molecule has 2 aromatic carbocycles. The summed E-state index contributed by atoms with van der Waals surface area (Å²) in [6, 6.07) is 11.5. The van der Waals surface area contributed by atoms with Crippen molar-refractivity contribution in [2.45, 2.75) is 6.18 Å². The minimum absolute atomic E-state index is 0.00156. The molecule has 9 heteroatoms. The molecule has 0 fully saturated rings. The molecule has 0 aliphatic carbocycles. The predicted octanol–water partition coefficient (Wildman–Crippen LogP) is 3.34. The van der Waals surface area contributed by atoms with Crippen LogP contribution in [0.3, 0.4) is 0 Å². The van der Waals surface area contributed by atoms with Gasteiger partial charge in [0.25, 0.3) is 5.91 Å². The number of hydrogen-bond acceptors (Lipinski definition) is 4. The van der Waals surface area contributed by atoms with E-state index in [1.165, 1.54) is 0 Å². The van der Waals surface area contributed by atoms with Gasteiger partial charge in [-0.25, -0.2) is 4.79 Å². The largest absolute Gasteiger partial charge is 0.452 e. The molecule has 0 radical (unpaired) electrons. The number of aromatic nitrogens is 1. The molecule has 0 spiro atoms. The molecule has 1 heterocycles. The molecule has 0 saturated heterocycles. The standard InChI is InChI=1S/C19H13F3N2O4/c20-19(21,22)11-5-7-12(8-6-11)23-17(26)10-28-18(27)14-9-16(25)24-15-4-2-1-3-13(14)15/h1-9H,10H2,(H,23,26)(H,24,25). The summed E-state index contributed by atoms with van der Waals surface area (Å²) in [5.41, 5.74) is -0.786. The lowest BCUT2D eigenvalue weighted by atomic mass is 10.1. The fourth-order valence-corrected chi connectivity index (χ4v) is 2.52. The zero-order valence-electron chi connectivity index (χ0n) is 14.2. The summed E-state index contributed by atoms with van der Waals surface area (Å²) in [6.45, 7) is -0.666. The number of aromatic amines is 1. The zero-order valence-corrected chi connectivity index (χ0v) is 14.2. The molecule has 3 rings (SSSR count). The molecule has 0 aliphatic rings. The van der Waals surface area contributed by atoms with Crippen LogP contribution in [0.2, 0.25) is 0 Å². The van der Waals surface area contributed by atoms with Crippen LogP contribution in [0.15, 0.2) is 59.4 Å². The van der Waals surface area contributed by atoms with Crippen molar-refractivity contribution in [3.8, 4) is 0 Å². The zero-order chi connectivity index (χ0) is 20.3. The van der Waals surface area contributed by atoms with E-state index >= 15 is 0 Å². The van der Waals surface area contributed by atoms with Crippen molar-refractivity contribution >= 4 is 28.5 Å². The van der Waals surface area contributed by atoms with Gasteiger partial charge in [0.1, 0.15) is 0 Å². The van der Waals surface area contributed by atoms with Crippen LogP contribution in [0.25, 0.3) is 10.9 Å². The van der Waals surface area contributed by atoms with E-state index in [9.17, 15) is 27.6 Å². The molecule has 2 N–H and O–H groups in total. The summed E-state index contributed by atoms with van der Waals surface area (Å²) in [4.78, 5) is 38.4. The van der Waals surface area contributed by atoms with Gasteiger partial charge in [0.2, 0.25) is 5.56 Å². The predicted molar refractivity (Wildman–Crippen MR) is 94.9 cm³/mol. The fourth-order valence-electron chi connectivity index (χ4n) is 2.52. The Kier molecular flexibility index (Phi) is 5.16. The summed E-state index contributed by atoms with van der Waals surface area (Å²) < 4.78 is 42.5. The van der Waals surface area contributed by atoms with Gasteiger partial charge in [0.15, 0.2) is 6.61 Å². The van der Waals surface area contributed by atoms with Crippen LogP contribution >= 0.6 is 0 Å². The van der Waals surface area contributed by atoms with Gasteiger partial charge in [0.05, 0.1) is 11.1 Å². The topological polar surface area (TPSA) is 88.3 Å². The van der Waals surface area contributed by atoms with E-state index in [-0.39, 0.29) is 11.3 Å². The summed E-state index contributed by atoms with van der Waals surface area (Å²) in [7, 11) is 0. The minimum atomic E-state index is -4.48. The Morgan fingerprint density at radius 2 is 1.71 bits per heavy atom. The first kappa shape index (κ1) is 19.2. The Hall–Kier alpha value is -3.62. The average Bonchev–Trinajstić information content (AvgIpc) is 2.65. The number of para-hydroxylation sites is 1. The van der Waals surface area contributed by atoms with Gasteiger partial charge >= 0.3 is 12.1 Å². The number of anilines is 1. The van der Waals surface area contributed by atoms with Crippen LogP contribution in [0.1, 0.15) is 15.9 Å². The third-order valence-corrected chi connectivity index (χ3v) is 3.80. The van der Waals surface area contributed by atoms with Gasteiger partial charge in [-0.2, -0.15) is 13.2 Å². The number of nitrogens with one attached hydrogen (secondary N) is 2. The van der Waals surface area contributed by atoms with Crippen molar-refractivity contribution in [2.24, 2.45) is 0 Å². The van der Waals surface area contributed by atoms with Crippen molar-refractivity contribution in [1.82, 2.24) is 4.98 Å². The second-order valence-corrected chi connectivity index (χ2v) is 5.79. The summed E-state index contributed by atoms with van der Waals surface area (Å²) in [5.74, 6) is -1.60. The molecule has 1 amide bonds. The number of carbonyl (C=O) groups is 2. The summed E-state index contributed by atoms with van der Waals surface area (Å²) in [6.07, 6.45) is -4.48. The Labute approximate surface area is 155 Å². The number of ether oxygens (including phenoxy) is 1. The SMILES string of the molecule is O=C(COC(=O)c1cc(=O)[nH]c2ccccc12)Nc1ccc(C(F)(F)F)cc1. The molecule has 6 nitrogen and oxygen atoms in total. The molecule has 144 valence electrons. The maximum absolute atomic E-state index is 12.5. The van der Waals surface area contributed by atoms with Crippen LogP contribution in [0, 0.1) is 0 Å². The Bertz CT molecular complexity index is 1090. The van der Waals surface area contributed by atoms with Crippen molar-refractivity contribution in [3.05, 3.63) is 76.1 Å². The number of H-pyrrole nitrogens is 1. The third-order valence-electron chi connectivity index (χ3n) is 3.80. The molecule has 0 unspecified atom stereocenters. The molecular formula is C19H13F3N2O4. The lowest BCUT2D eigenvalue weighted by Crippen LogP contribution is -2.22. The second kappa shape index (κ2) is 7.55. The number of fused-ring (bicyclic) bond motifs is 1. The molecular weight excluding hydrogens is 377 g/mol. The summed E-state index contributed by atoms with van der Waals surface area (Å²) in [5, 5.41) is 2.78. The highest BCUT2D eigenvalue weighted by Gasteiger charge is 2.30. The summed E-state index contributed by atoms with van der Waals surface area (Å²) >= 11 is 0. The quantitative estimate of drug-likeness (QED) is 0.669. The molecule has 0 bridgehead atoms. The Morgan fingerprint density at radius 1 is 1.04 bits per heavy atom. The highest BCUT2D eigenvalue weighted by atomic mass is 19.4. The first-order valence-corrected chi connectivity index (χ1v) is 8.00. The van der Waals surface area contributed by atoms with Gasteiger partial charge < -0.3 is 15.0 Å². The number of alkyl halides is 3. The third kappa shape index (κ3) is 4.37. The van der Waals surface area contributed by atoms with E-state index in [4.69, 9.17) is 4.74 Å². The number of esters is 1. The average molecular weight is 390 g/mol. The minimum Gasteiger partial charge on any atom is -0.452 e. The Balaban J connectivity index is 1.65. The number of amides is 1. The van der Waals surface area contributed by atoms with Gasteiger partial charge in [-0.15, -0.1) is 0 Å². The number of hydrogen-bond donors (Lipinski definition) is 2. The van der Waals surface area contributed by atoms with Crippen molar-refractivity contribution < 1.29 is 27.5 Å². The Morgan fingerprint density at radius 3 is 2.39 bits per heavy atom. The van der Waals surface area contributed by atoms with E-state index in [2.05, 4.69) is 10.3 Å². The lowest BCUT2D eigenvalue weighted by molar-refractivity contribution is -0.137. The molecule has 0 atom stereocenters. The monoisotopic (exact) mass is 390 g/mol. The van der Waals surface area contributed by atoms with E-state index in [0.717, 1.165) is 30.3 Å². The number of benzene rings is 2. The lowest BCUT2D eigenvalue weighted by Gasteiger charge is -2.10. The van der Waals surface area contributed by atoms with E-state index in [1.54, 1.807) is 24.3 Å². The molecule has 3 aromatic rings. The molecule has 0 aliphatic heterocycles. The second-order valence-electron chi connectivity index (χ2n) is 5.79. The van der Waals surface area contributed by atoms with Gasteiger partial charge in [-0.1, -0.05) is 18.2 Å². The first-order chi connectivity index (χ1) is 13.2. The van der Waals surface area contributed by atoms with Gasteiger partial charge in [-0.05, 0) is 30.3 Å². The molecule has 1 aromatic heterocycles. The van der Waals surface area contributed by atoms with Crippen LogP contribution in [-0.2, 0) is 15.7 Å². The normalized spacial score (nSPS) is 11.2. The van der Waals surface area contributed by atoms with E-state index in [1.807, 2.05) is 0 Å². The maximum atomic E-state index is 12.5. The van der Waals surface area contributed by atoms with Gasteiger partial charge in [-0.3, -0.25) is 9.59 Å². The smallest absolute Gasteiger partial charge is 0.416 e. The number of carbonyl (C=O) groups excluding carboxylic acids is 2. The molecule has 28 heavy (non-hydrogen) atoms. The maximum Gasteiger partial charge on any atom is 0.416 e. The van der Waals surface area contributed by atoms with Crippen molar-refractivity contribution in [2.75, 3.05) is 11.9 Å². The number of pyridine rings is 1.